The molecule has 0 amide bonds. The fraction of sp³-hybridized carbons (Fsp3) is 0.333. The topological polar surface area (TPSA) is 91.2 Å². The van der Waals surface area contributed by atoms with E-state index in [1.165, 1.54) is 25.4 Å². The van der Waals surface area contributed by atoms with Crippen LogP contribution in [-0.2, 0) is 15.7 Å². The number of ether oxygens (including phenoxy) is 2. The van der Waals surface area contributed by atoms with Gasteiger partial charge in [-0.3, -0.25) is 4.68 Å². The van der Waals surface area contributed by atoms with Gasteiger partial charge in [0.05, 0.1) is 30.6 Å². The van der Waals surface area contributed by atoms with Gasteiger partial charge in [-0.25, -0.2) is 14.8 Å². The molecule has 8 nitrogen and oxygen atoms in total. The number of benzene rings is 1. The molecular weight excluding hydrogens is 427 g/mol. The molecule has 3 heterocycles. The van der Waals surface area contributed by atoms with E-state index in [0.29, 0.717) is 30.0 Å². The molecule has 0 bridgehead atoms. The summed E-state index contributed by atoms with van der Waals surface area (Å²) in [4.78, 5) is 19.6. The Bertz CT molecular complexity index is 1090. The zero-order chi connectivity index (χ0) is 22.7. The highest BCUT2D eigenvalue weighted by molar-refractivity contribution is 5.89. The van der Waals surface area contributed by atoms with Crippen molar-refractivity contribution in [2.24, 2.45) is 0 Å². The summed E-state index contributed by atoms with van der Waals surface area (Å²) < 4.78 is 52.4. The minimum absolute atomic E-state index is 0.0775. The maximum absolute atomic E-state index is 13.6. The van der Waals surface area contributed by atoms with Gasteiger partial charge in [-0.05, 0) is 25.0 Å². The van der Waals surface area contributed by atoms with Crippen molar-refractivity contribution in [3.8, 4) is 11.4 Å². The number of hydrogen-bond donors (Lipinski definition) is 1. The number of carbonyl (C=O) groups is 1. The molecule has 0 spiro atoms. The average Bonchev–Trinajstić information content (AvgIpc) is 3.27. The predicted molar refractivity (Wildman–Crippen MR) is 108 cm³/mol. The van der Waals surface area contributed by atoms with Crippen LogP contribution in [0.1, 0.15) is 34.8 Å². The number of anilines is 2. The number of carbonyl (C=O) groups excluding carboxylic acids is 1. The highest BCUT2D eigenvalue weighted by Crippen LogP contribution is 2.36. The maximum atomic E-state index is 13.6. The molecule has 1 aliphatic heterocycles. The van der Waals surface area contributed by atoms with Gasteiger partial charge in [0.2, 0.25) is 0 Å². The van der Waals surface area contributed by atoms with Crippen LogP contribution in [0.5, 0.6) is 0 Å². The number of alkyl halides is 3. The van der Waals surface area contributed by atoms with E-state index in [0.717, 1.165) is 19.0 Å². The fourth-order valence-corrected chi connectivity index (χ4v) is 3.39. The molecule has 1 N–H and O–H groups in total. The van der Waals surface area contributed by atoms with Crippen molar-refractivity contribution in [3.05, 3.63) is 54.0 Å². The molecule has 11 heteroatoms. The zero-order valence-electron chi connectivity index (χ0n) is 17.1. The molecule has 1 aromatic carbocycles. The van der Waals surface area contributed by atoms with E-state index < -0.39 is 17.7 Å². The van der Waals surface area contributed by atoms with Gasteiger partial charge in [-0.1, -0.05) is 12.1 Å². The van der Waals surface area contributed by atoms with E-state index in [2.05, 4.69) is 25.1 Å². The Kier molecular flexibility index (Phi) is 6.08. The second kappa shape index (κ2) is 8.95. The summed E-state index contributed by atoms with van der Waals surface area (Å²) in [7, 11) is 1.26. The second-order valence-electron chi connectivity index (χ2n) is 7.20. The first-order valence-corrected chi connectivity index (χ1v) is 9.87. The molecule has 1 aliphatic rings. The van der Waals surface area contributed by atoms with Gasteiger partial charge in [0, 0.05) is 31.2 Å². The average molecular weight is 447 g/mol. The van der Waals surface area contributed by atoms with Gasteiger partial charge in [-0.2, -0.15) is 18.3 Å². The van der Waals surface area contributed by atoms with Crippen molar-refractivity contribution in [1.29, 1.82) is 0 Å². The number of rotatable bonds is 5. The molecule has 0 unspecified atom stereocenters. The summed E-state index contributed by atoms with van der Waals surface area (Å²) in [5.74, 6) is -0.825. The van der Waals surface area contributed by atoms with Crippen LogP contribution in [-0.4, -0.2) is 46.0 Å². The molecule has 0 radical (unpaired) electrons. The summed E-state index contributed by atoms with van der Waals surface area (Å²) in [6.07, 6.45) is 0.780. The van der Waals surface area contributed by atoms with Gasteiger partial charge in [0.25, 0.3) is 0 Å². The predicted octanol–water partition coefficient (Wildman–Crippen LogP) is 4.24. The lowest BCUT2D eigenvalue weighted by atomic mass is 10.1. The molecule has 4 rings (SSSR count). The summed E-state index contributed by atoms with van der Waals surface area (Å²) in [5, 5.41) is 7.00. The second-order valence-corrected chi connectivity index (χ2v) is 7.20. The van der Waals surface area contributed by atoms with Gasteiger partial charge in [0.1, 0.15) is 11.4 Å². The van der Waals surface area contributed by atoms with Gasteiger partial charge in [0.15, 0.2) is 5.82 Å². The molecule has 32 heavy (non-hydrogen) atoms. The normalized spacial score (nSPS) is 14.9. The van der Waals surface area contributed by atoms with Crippen LogP contribution in [0.15, 0.2) is 42.9 Å². The van der Waals surface area contributed by atoms with Crippen LogP contribution in [0.25, 0.3) is 11.4 Å². The molecule has 0 aliphatic carbocycles. The molecule has 1 fully saturated rings. The molecule has 168 valence electrons. The molecule has 3 aromatic rings. The van der Waals surface area contributed by atoms with Gasteiger partial charge >= 0.3 is 12.1 Å². The van der Waals surface area contributed by atoms with E-state index in [9.17, 15) is 18.0 Å². The summed E-state index contributed by atoms with van der Waals surface area (Å²) in [5.41, 5.74) is 0.147. The molecule has 0 atom stereocenters. The van der Waals surface area contributed by atoms with Crippen LogP contribution >= 0.6 is 0 Å². The number of halogens is 3. The SMILES string of the molecule is COC(=O)c1ccc(-c2ncc(C(F)(F)F)c(Nc3cnn(C4CCOCC4)c3)n2)cc1. The number of nitrogens with one attached hydrogen (secondary N) is 1. The Hall–Kier alpha value is -3.47. The number of hydrogen-bond acceptors (Lipinski definition) is 7. The van der Waals surface area contributed by atoms with Crippen molar-refractivity contribution >= 4 is 17.5 Å². The Labute approximate surface area is 181 Å². The first-order chi connectivity index (χ1) is 15.3. The number of aromatic nitrogens is 4. The zero-order valence-corrected chi connectivity index (χ0v) is 17.1. The molecule has 2 aromatic heterocycles. The number of methoxy groups -OCH3 is 1. The van der Waals surface area contributed by atoms with Crippen LogP contribution in [0.4, 0.5) is 24.7 Å². The molecule has 0 saturated carbocycles. The highest BCUT2D eigenvalue weighted by atomic mass is 19.4. The van der Waals surface area contributed by atoms with E-state index >= 15 is 0 Å². The third-order valence-corrected chi connectivity index (χ3v) is 5.09. The van der Waals surface area contributed by atoms with Crippen molar-refractivity contribution in [2.45, 2.75) is 25.1 Å². The monoisotopic (exact) mass is 447 g/mol. The standard InChI is InChI=1S/C21H20F3N5O3/c1-31-20(30)14-4-2-13(3-5-14)18-25-11-17(21(22,23)24)19(28-18)27-15-10-26-29(12-15)16-6-8-32-9-7-16/h2-5,10-12,16H,6-9H2,1H3,(H,25,27,28). The van der Waals surface area contributed by atoms with Crippen LogP contribution in [0.2, 0.25) is 0 Å². The lowest BCUT2D eigenvalue weighted by Crippen LogP contribution is -2.19. The van der Waals surface area contributed by atoms with Gasteiger partial charge < -0.3 is 14.8 Å². The minimum Gasteiger partial charge on any atom is -0.465 e. The Balaban J connectivity index is 1.63. The van der Waals surface area contributed by atoms with Crippen molar-refractivity contribution < 1.29 is 27.4 Å². The van der Waals surface area contributed by atoms with E-state index in [1.807, 2.05) is 0 Å². The smallest absolute Gasteiger partial charge is 0.421 e. The first-order valence-electron chi connectivity index (χ1n) is 9.87. The number of nitrogens with zero attached hydrogens (tertiary/aromatic N) is 4. The Morgan fingerprint density at radius 2 is 1.91 bits per heavy atom. The number of esters is 1. The van der Waals surface area contributed by atoms with E-state index in [4.69, 9.17) is 4.74 Å². The lowest BCUT2D eigenvalue weighted by molar-refractivity contribution is -0.137. The van der Waals surface area contributed by atoms with Crippen molar-refractivity contribution in [3.63, 3.8) is 0 Å². The fourth-order valence-electron chi connectivity index (χ4n) is 3.39. The van der Waals surface area contributed by atoms with Crippen molar-refractivity contribution in [2.75, 3.05) is 25.6 Å². The maximum Gasteiger partial charge on any atom is 0.421 e. The lowest BCUT2D eigenvalue weighted by Gasteiger charge is -2.22. The highest BCUT2D eigenvalue weighted by Gasteiger charge is 2.35. The molecule has 1 saturated heterocycles. The largest absolute Gasteiger partial charge is 0.465 e. The van der Waals surface area contributed by atoms with Crippen LogP contribution in [0, 0.1) is 0 Å². The van der Waals surface area contributed by atoms with Gasteiger partial charge in [-0.15, -0.1) is 0 Å². The third-order valence-electron chi connectivity index (χ3n) is 5.09. The first kappa shape index (κ1) is 21.8. The molecular formula is C21H20F3N5O3. The van der Waals surface area contributed by atoms with Crippen LogP contribution < -0.4 is 5.32 Å². The quantitative estimate of drug-likeness (QED) is 0.585. The Morgan fingerprint density at radius 3 is 2.56 bits per heavy atom. The van der Waals surface area contributed by atoms with E-state index in [-0.39, 0.29) is 17.7 Å². The Morgan fingerprint density at radius 1 is 1.19 bits per heavy atom. The van der Waals surface area contributed by atoms with Crippen LogP contribution in [0.3, 0.4) is 0 Å². The minimum atomic E-state index is -4.65. The summed E-state index contributed by atoms with van der Waals surface area (Å²) in [6, 6.07) is 6.21. The van der Waals surface area contributed by atoms with E-state index in [1.54, 1.807) is 23.0 Å². The third kappa shape index (κ3) is 4.72. The van der Waals surface area contributed by atoms with Crippen molar-refractivity contribution in [1.82, 2.24) is 19.7 Å². The summed E-state index contributed by atoms with van der Waals surface area (Å²) in [6.45, 7) is 1.24. The summed E-state index contributed by atoms with van der Waals surface area (Å²) >= 11 is 0.